The van der Waals surface area contributed by atoms with Gasteiger partial charge in [-0.1, -0.05) is 12.1 Å². The first-order valence-electron chi connectivity index (χ1n) is 7.92. The van der Waals surface area contributed by atoms with Gasteiger partial charge in [-0.15, -0.1) is 0 Å². The maximum Gasteiger partial charge on any atom is 0.248 e. The number of anilines is 1. The number of fused-ring (bicyclic) bond motifs is 1. The Morgan fingerprint density at radius 2 is 1.73 bits per heavy atom. The lowest BCUT2D eigenvalue weighted by atomic mass is 10.2. The molecule has 0 saturated carbocycles. The molecule has 3 rings (SSSR count). The molecule has 2 aromatic carbocycles. The molecule has 134 valence electrons. The van der Waals surface area contributed by atoms with E-state index in [2.05, 4.69) is 5.32 Å². The lowest BCUT2D eigenvalue weighted by molar-refractivity contribution is -0.111. The van der Waals surface area contributed by atoms with Crippen LogP contribution in [0.4, 0.5) is 5.69 Å². The van der Waals surface area contributed by atoms with Gasteiger partial charge in [-0.25, -0.2) is 0 Å². The number of methoxy groups -OCH3 is 3. The average molecular weight is 353 g/mol. The highest BCUT2D eigenvalue weighted by Gasteiger charge is 2.08. The molecule has 0 spiro atoms. The first-order valence-corrected chi connectivity index (χ1v) is 7.92. The third-order valence-electron chi connectivity index (χ3n) is 3.80. The zero-order chi connectivity index (χ0) is 18.5. The highest BCUT2D eigenvalue weighted by molar-refractivity contribution is 6.02. The van der Waals surface area contributed by atoms with Gasteiger partial charge in [0.05, 0.1) is 21.3 Å². The number of furan rings is 1. The van der Waals surface area contributed by atoms with Crippen LogP contribution in [0.15, 0.2) is 53.0 Å². The summed E-state index contributed by atoms with van der Waals surface area (Å²) in [6, 6.07) is 12.6. The largest absolute Gasteiger partial charge is 0.493 e. The summed E-state index contributed by atoms with van der Waals surface area (Å²) in [6.07, 6.45) is 3.01. The molecule has 0 aliphatic heterocycles. The number of rotatable bonds is 6. The van der Waals surface area contributed by atoms with Crippen LogP contribution in [-0.2, 0) is 4.79 Å². The molecular weight excluding hydrogens is 334 g/mol. The number of amides is 1. The minimum atomic E-state index is -0.287. The molecule has 6 heteroatoms. The molecule has 0 aliphatic rings. The normalized spacial score (nSPS) is 10.9. The lowest BCUT2D eigenvalue weighted by Gasteiger charge is -2.09. The van der Waals surface area contributed by atoms with Gasteiger partial charge in [-0.2, -0.15) is 0 Å². The Bertz CT molecular complexity index is 958. The average Bonchev–Trinajstić information content (AvgIpc) is 3.09. The molecule has 0 saturated heterocycles. The Kier molecular flexibility index (Phi) is 5.12. The fourth-order valence-corrected chi connectivity index (χ4v) is 2.55. The van der Waals surface area contributed by atoms with Gasteiger partial charge in [-0.05, 0) is 30.3 Å². The quantitative estimate of drug-likeness (QED) is 0.675. The molecule has 1 aromatic heterocycles. The van der Waals surface area contributed by atoms with E-state index in [1.54, 1.807) is 45.6 Å². The van der Waals surface area contributed by atoms with E-state index < -0.39 is 0 Å². The van der Waals surface area contributed by atoms with Crippen LogP contribution >= 0.6 is 0 Å². The second-order valence-corrected chi connectivity index (χ2v) is 5.42. The van der Waals surface area contributed by atoms with Crippen LogP contribution in [0.25, 0.3) is 17.0 Å². The standard InChI is InChI=1S/C20H19NO5/c1-23-16-9-7-14(12-18(16)25-3)21-19(22)10-8-15-11-13-5-4-6-17(24-2)20(13)26-15/h4-12H,1-3H3,(H,21,22)/b10-8+. The van der Waals surface area contributed by atoms with Crippen LogP contribution in [0, 0.1) is 0 Å². The topological polar surface area (TPSA) is 69.9 Å². The Hall–Kier alpha value is -3.41. The first kappa shape index (κ1) is 17.4. The molecule has 0 atom stereocenters. The number of carbonyl (C=O) groups excluding carboxylic acids is 1. The minimum Gasteiger partial charge on any atom is -0.493 e. The van der Waals surface area contributed by atoms with E-state index >= 15 is 0 Å². The van der Waals surface area contributed by atoms with Gasteiger partial charge in [0.25, 0.3) is 0 Å². The van der Waals surface area contributed by atoms with E-state index in [1.165, 1.54) is 6.08 Å². The van der Waals surface area contributed by atoms with Crippen molar-refractivity contribution < 1.29 is 23.4 Å². The van der Waals surface area contributed by atoms with E-state index in [9.17, 15) is 4.79 Å². The summed E-state index contributed by atoms with van der Waals surface area (Å²) in [5, 5.41) is 3.67. The van der Waals surface area contributed by atoms with E-state index in [4.69, 9.17) is 18.6 Å². The number of nitrogens with one attached hydrogen (secondary N) is 1. The van der Waals surface area contributed by atoms with Crippen LogP contribution in [0.3, 0.4) is 0 Å². The third kappa shape index (κ3) is 3.64. The summed E-state index contributed by atoms with van der Waals surface area (Å²) in [7, 11) is 4.68. The summed E-state index contributed by atoms with van der Waals surface area (Å²) in [6.45, 7) is 0. The summed E-state index contributed by atoms with van der Waals surface area (Å²) in [5.74, 6) is 2.06. The molecule has 0 unspecified atom stereocenters. The molecule has 3 aromatic rings. The smallest absolute Gasteiger partial charge is 0.248 e. The van der Waals surface area contributed by atoms with Crippen LogP contribution in [0.1, 0.15) is 5.76 Å². The molecule has 0 aliphatic carbocycles. The van der Waals surface area contributed by atoms with Crippen molar-refractivity contribution in [1.82, 2.24) is 0 Å². The molecule has 1 N–H and O–H groups in total. The number of hydrogen-bond acceptors (Lipinski definition) is 5. The van der Waals surface area contributed by atoms with E-state index in [0.717, 1.165) is 5.39 Å². The van der Waals surface area contributed by atoms with E-state index in [1.807, 2.05) is 24.3 Å². The molecule has 6 nitrogen and oxygen atoms in total. The number of ether oxygens (including phenoxy) is 3. The SMILES string of the molecule is COc1ccc(NC(=O)/C=C/c2cc3cccc(OC)c3o2)cc1OC. The van der Waals surface area contributed by atoms with Gasteiger partial charge in [0, 0.05) is 23.2 Å². The van der Waals surface area contributed by atoms with Crippen molar-refractivity contribution in [2.24, 2.45) is 0 Å². The first-order chi connectivity index (χ1) is 12.6. The Morgan fingerprint density at radius 3 is 2.46 bits per heavy atom. The van der Waals surface area contributed by atoms with Gasteiger partial charge in [0.15, 0.2) is 22.8 Å². The van der Waals surface area contributed by atoms with Crippen LogP contribution < -0.4 is 19.5 Å². The summed E-state index contributed by atoms with van der Waals surface area (Å²) < 4.78 is 21.4. The van der Waals surface area contributed by atoms with Crippen molar-refractivity contribution in [2.45, 2.75) is 0 Å². The van der Waals surface area contributed by atoms with Gasteiger partial charge in [0.1, 0.15) is 5.76 Å². The monoisotopic (exact) mass is 353 g/mol. The predicted molar refractivity (Wildman–Crippen MR) is 100.0 cm³/mol. The van der Waals surface area contributed by atoms with Crippen molar-refractivity contribution in [3.8, 4) is 17.2 Å². The second-order valence-electron chi connectivity index (χ2n) is 5.42. The fourth-order valence-electron chi connectivity index (χ4n) is 2.55. The molecule has 0 fully saturated rings. The maximum atomic E-state index is 12.1. The van der Waals surface area contributed by atoms with Gasteiger partial charge in [-0.3, -0.25) is 4.79 Å². The van der Waals surface area contributed by atoms with Crippen molar-refractivity contribution >= 4 is 28.6 Å². The third-order valence-corrected chi connectivity index (χ3v) is 3.80. The summed E-state index contributed by atoms with van der Waals surface area (Å²) in [5.41, 5.74) is 1.25. The summed E-state index contributed by atoms with van der Waals surface area (Å²) in [4.78, 5) is 12.1. The Morgan fingerprint density at radius 1 is 0.962 bits per heavy atom. The van der Waals surface area contributed by atoms with Gasteiger partial charge in [0.2, 0.25) is 5.91 Å². The Balaban J connectivity index is 1.74. The van der Waals surface area contributed by atoms with E-state index in [0.29, 0.717) is 34.3 Å². The van der Waals surface area contributed by atoms with Crippen LogP contribution in [0.2, 0.25) is 0 Å². The van der Waals surface area contributed by atoms with E-state index in [-0.39, 0.29) is 5.91 Å². The lowest BCUT2D eigenvalue weighted by Crippen LogP contribution is -2.07. The number of benzene rings is 2. The molecule has 26 heavy (non-hydrogen) atoms. The highest BCUT2D eigenvalue weighted by atomic mass is 16.5. The predicted octanol–water partition coefficient (Wildman–Crippen LogP) is 4.11. The number of carbonyl (C=O) groups is 1. The van der Waals surface area contributed by atoms with Crippen molar-refractivity contribution in [2.75, 3.05) is 26.6 Å². The van der Waals surface area contributed by atoms with Crippen molar-refractivity contribution in [1.29, 1.82) is 0 Å². The van der Waals surface area contributed by atoms with Crippen LogP contribution in [-0.4, -0.2) is 27.2 Å². The minimum absolute atomic E-state index is 0.287. The van der Waals surface area contributed by atoms with Gasteiger partial charge < -0.3 is 23.9 Å². The van der Waals surface area contributed by atoms with Crippen molar-refractivity contribution in [3.05, 3.63) is 54.3 Å². The molecular formula is C20H19NO5. The van der Waals surface area contributed by atoms with Gasteiger partial charge >= 0.3 is 0 Å². The molecule has 0 bridgehead atoms. The van der Waals surface area contributed by atoms with Crippen molar-refractivity contribution in [3.63, 3.8) is 0 Å². The zero-order valence-corrected chi connectivity index (χ0v) is 14.7. The fraction of sp³-hybridized carbons (Fsp3) is 0.150. The Labute approximate surface area is 151 Å². The summed E-state index contributed by atoms with van der Waals surface area (Å²) >= 11 is 0. The number of para-hydroxylation sites is 1. The molecule has 1 amide bonds. The molecule has 1 heterocycles. The number of hydrogen-bond donors (Lipinski definition) is 1. The zero-order valence-electron chi connectivity index (χ0n) is 14.7. The highest BCUT2D eigenvalue weighted by Crippen LogP contribution is 2.30. The maximum absolute atomic E-state index is 12.1. The molecule has 0 radical (unpaired) electrons. The van der Waals surface area contributed by atoms with Crippen LogP contribution in [0.5, 0.6) is 17.2 Å². The second kappa shape index (κ2) is 7.65.